The molecule has 2 aromatic carbocycles. The number of aromatic carboxylic acids is 1. The summed E-state index contributed by atoms with van der Waals surface area (Å²) in [6.45, 7) is 0.440. The van der Waals surface area contributed by atoms with E-state index >= 15 is 0 Å². The summed E-state index contributed by atoms with van der Waals surface area (Å²) in [5.41, 5.74) is 6.28. The van der Waals surface area contributed by atoms with Crippen molar-refractivity contribution in [1.82, 2.24) is 14.5 Å². The van der Waals surface area contributed by atoms with Gasteiger partial charge in [0.15, 0.2) is 0 Å². The van der Waals surface area contributed by atoms with Crippen molar-refractivity contribution in [2.24, 2.45) is 12.0 Å². The van der Waals surface area contributed by atoms with Crippen LogP contribution in [0.3, 0.4) is 0 Å². The molecule has 1 aliphatic rings. The lowest BCUT2D eigenvalue weighted by Crippen LogP contribution is -2.09. The summed E-state index contributed by atoms with van der Waals surface area (Å²) in [5, 5.41) is 12.9. The van der Waals surface area contributed by atoms with Crippen molar-refractivity contribution < 1.29 is 9.90 Å². The zero-order valence-corrected chi connectivity index (χ0v) is 17.8. The third kappa shape index (κ3) is 3.63. The number of hydrogen-bond acceptors (Lipinski definition) is 5. The van der Waals surface area contributed by atoms with E-state index in [2.05, 4.69) is 10.3 Å². The number of rotatable bonds is 4. The van der Waals surface area contributed by atoms with E-state index in [-0.39, 0.29) is 5.56 Å². The molecule has 0 atom stereocenters. The standard InChI is InChI=1S/C24H18ClN5O2/c1-30-10-2-3-20(30)22-19-11-16(25)6-9-18(19)21-15(12-26-22)13-27-24(29-21)28-17-7-4-14(5-8-17)23(31)32/h2-11,13H,12H2,1H3,(H,31,32)(H,27,28,29). The molecule has 32 heavy (non-hydrogen) atoms. The highest BCUT2D eigenvalue weighted by Gasteiger charge is 2.22. The van der Waals surface area contributed by atoms with Crippen LogP contribution in [0.2, 0.25) is 5.02 Å². The molecule has 0 fully saturated rings. The lowest BCUT2D eigenvalue weighted by molar-refractivity contribution is 0.0697. The average Bonchev–Trinajstić information content (AvgIpc) is 3.14. The molecule has 5 rings (SSSR count). The molecule has 0 saturated heterocycles. The topological polar surface area (TPSA) is 92.4 Å². The van der Waals surface area contributed by atoms with Gasteiger partial charge in [-0.15, -0.1) is 0 Å². The molecular weight excluding hydrogens is 426 g/mol. The van der Waals surface area contributed by atoms with Gasteiger partial charge in [-0.1, -0.05) is 17.7 Å². The number of carboxylic acids is 1. The molecular formula is C24H18ClN5O2. The Balaban J connectivity index is 1.57. The number of anilines is 2. The highest BCUT2D eigenvalue weighted by molar-refractivity contribution is 6.31. The van der Waals surface area contributed by atoms with Crippen LogP contribution in [0.25, 0.3) is 11.3 Å². The fraction of sp³-hybridized carbons (Fsp3) is 0.0833. The summed E-state index contributed by atoms with van der Waals surface area (Å²) in [5.74, 6) is -0.558. The minimum Gasteiger partial charge on any atom is -0.478 e. The molecule has 0 spiro atoms. The highest BCUT2D eigenvalue weighted by Crippen LogP contribution is 2.33. The van der Waals surface area contributed by atoms with E-state index in [0.29, 0.717) is 23.2 Å². The zero-order valence-electron chi connectivity index (χ0n) is 17.1. The second-order valence-electron chi connectivity index (χ2n) is 7.43. The van der Waals surface area contributed by atoms with Gasteiger partial charge in [0, 0.05) is 46.8 Å². The number of carboxylic acid groups (broad SMARTS) is 1. The van der Waals surface area contributed by atoms with Crippen molar-refractivity contribution in [1.29, 1.82) is 0 Å². The maximum atomic E-state index is 11.1. The lowest BCUT2D eigenvalue weighted by Gasteiger charge is -2.13. The van der Waals surface area contributed by atoms with Gasteiger partial charge in [-0.25, -0.2) is 14.8 Å². The number of hydrogen-bond donors (Lipinski definition) is 2. The molecule has 0 unspecified atom stereocenters. The number of fused-ring (bicyclic) bond motifs is 3. The number of aliphatic imine (C=N–C) groups is 1. The van der Waals surface area contributed by atoms with Crippen LogP contribution in [-0.4, -0.2) is 31.3 Å². The van der Waals surface area contributed by atoms with Gasteiger partial charge in [-0.2, -0.15) is 0 Å². The number of nitrogens with one attached hydrogen (secondary N) is 1. The van der Waals surface area contributed by atoms with Gasteiger partial charge in [-0.05, 0) is 48.5 Å². The maximum Gasteiger partial charge on any atom is 0.335 e. The van der Waals surface area contributed by atoms with Crippen LogP contribution < -0.4 is 5.32 Å². The summed E-state index contributed by atoms with van der Waals surface area (Å²) >= 11 is 6.35. The first-order chi connectivity index (χ1) is 15.5. The van der Waals surface area contributed by atoms with Crippen molar-refractivity contribution in [3.05, 3.63) is 94.4 Å². The Bertz CT molecular complexity index is 1380. The molecule has 158 valence electrons. The van der Waals surface area contributed by atoms with E-state index in [9.17, 15) is 4.79 Å². The van der Waals surface area contributed by atoms with Crippen molar-refractivity contribution >= 4 is 34.9 Å². The van der Waals surface area contributed by atoms with Crippen LogP contribution in [-0.2, 0) is 13.6 Å². The normalized spacial score (nSPS) is 12.4. The maximum absolute atomic E-state index is 11.1. The molecule has 3 heterocycles. The molecule has 0 bridgehead atoms. The summed E-state index contributed by atoms with van der Waals surface area (Å²) in [6.07, 6.45) is 3.75. The molecule has 0 radical (unpaired) electrons. The van der Waals surface area contributed by atoms with E-state index in [1.165, 1.54) is 12.1 Å². The Hall–Kier alpha value is -3.97. The molecule has 1 aliphatic heterocycles. The quantitative estimate of drug-likeness (QED) is 0.466. The minimum absolute atomic E-state index is 0.217. The Morgan fingerprint density at radius 1 is 1.12 bits per heavy atom. The second kappa shape index (κ2) is 7.94. The van der Waals surface area contributed by atoms with Crippen LogP contribution in [0, 0.1) is 0 Å². The van der Waals surface area contributed by atoms with Crippen molar-refractivity contribution in [2.45, 2.75) is 6.54 Å². The Morgan fingerprint density at radius 3 is 2.66 bits per heavy atom. The highest BCUT2D eigenvalue weighted by atomic mass is 35.5. The zero-order chi connectivity index (χ0) is 22.2. The summed E-state index contributed by atoms with van der Waals surface area (Å²) in [4.78, 5) is 25.2. The number of benzene rings is 2. The smallest absolute Gasteiger partial charge is 0.335 e. The Labute approximate surface area is 189 Å². The van der Waals surface area contributed by atoms with E-state index in [0.717, 1.165) is 33.8 Å². The second-order valence-corrected chi connectivity index (χ2v) is 7.87. The first-order valence-corrected chi connectivity index (χ1v) is 10.3. The lowest BCUT2D eigenvalue weighted by atomic mass is 9.97. The molecule has 0 aliphatic carbocycles. The molecule has 0 saturated carbocycles. The predicted molar refractivity (Wildman–Crippen MR) is 124 cm³/mol. The number of carbonyl (C=O) groups is 1. The Morgan fingerprint density at radius 2 is 1.94 bits per heavy atom. The third-order valence-corrected chi connectivity index (χ3v) is 5.57. The van der Waals surface area contributed by atoms with Gasteiger partial charge in [0.05, 0.1) is 29.2 Å². The fourth-order valence-electron chi connectivity index (χ4n) is 3.74. The van der Waals surface area contributed by atoms with Crippen LogP contribution in [0.4, 0.5) is 11.6 Å². The summed E-state index contributed by atoms with van der Waals surface area (Å²) < 4.78 is 2.03. The number of nitrogens with zero attached hydrogens (tertiary/aromatic N) is 4. The van der Waals surface area contributed by atoms with E-state index in [1.54, 1.807) is 18.3 Å². The molecule has 2 N–H and O–H groups in total. The van der Waals surface area contributed by atoms with Crippen LogP contribution in [0.1, 0.15) is 27.2 Å². The van der Waals surface area contributed by atoms with Gasteiger partial charge < -0.3 is 15.0 Å². The van der Waals surface area contributed by atoms with E-state index in [4.69, 9.17) is 26.7 Å². The monoisotopic (exact) mass is 443 g/mol. The number of halogens is 1. The first-order valence-electron chi connectivity index (χ1n) is 9.92. The molecule has 0 amide bonds. The first kappa shape index (κ1) is 20.0. The molecule has 2 aromatic heterocycles. The van der Waals surface area contributed by atoms with Gasteiger partial charge in [-0.3, -0.25) is 4.99 Å². The van der Waals surface area contributed by atoms with Gasteiger partial charge >= 0.3 is 5.97 Å². The minimum atomic E-state index is -0.970. The average molecular weight is 444 g/mol. The number of aryl methyl sites for hydroxylation is 1. The van der Waals surface area contributed by atoms with Crippen LogP contribution in [0.5, 0.6) is 0 Å². The summed E-state index contributed by atoms with van der Waals surface area (Å²) in [6, 6.07) is 16.2. The van der Waals surface area contributed by atoms with E-state index in [1.807, 2.05) is 48.1 Å². The predicted octanol–water partition coefficient (Wildman–Crippen LogP) is 4.93. The van der Waals surface area contributed by atoms with Crippen molar-refractivity contribution in [2.75, 3.05) is 5.32 Å². The SMILES string of the molecule is Cn1cccc1C1=NCc2cnc(Nc3ccc(C(=O)O)cc3)nc2-c2ccc(Cl)cc21. The van der Waals surface area contributed by atoms with Crippen LogP contribution >= 0.6 is 11.6 Å². The largest absolute Gasteiger partial charge is 0.478 e. The van der Waals surface area contributed by atoms with Crippen LogP contribution in [0.15, 0.2) is 72.0 Å². The van der Waals surface area contributed by atoms with Gasteiger partial charge in [0.25, 0.3) is 0 Å². The molecule has 4 aromatic rings. The Kier molecular flexibility index (Phi) is 4.95. The summed E-state index contributed by atoms with van der Waals surface area (Å²) in [7, 11) is 1.98. The number of aromatic nitrogens is 3. The molecule has 8 heteroatoms. The van der Waals surface area contributed by atoms with E-state index < -0.39 is 5.97 Å². The van der Waals surface area contributed by atoms with Crippen molar-refractivity contribution in [3.8, 4) is 11.3 Å². The third-order valence-electron chi connectivity index (χ3n) is 5.34. The van der Waals surface area contributed by atoms with Crippen molar-refractivity contribution in [3.63, 3.8) is 0 Å². The van der Waals surface area contributed by atoms with Gasteiger partial charge in [0.2, 0.25) is 5.95 Å². The van der Waals surface area contributed by atoms with Gasteiger partial charge in [0.1, 0.15) is 0 Å². The molecule has 7 nitrogen and oxygen atoms in total. The fourth-order valence-corrected chi connectivity index (χ4v) is 3.91.